The van der Waals surface area contributed by atoms with Crippen LogP contribution in [0, 0.1) is 0 Å². The average Bonchev–Trinajstić information content (AvgIpc) is 3.17. The van der Waals surface area contributed by atoms with Crippen LogP contribution in [-0.2, 0) is 6.54 Å². The number of benzene rings is 1. The van der Waals surface area contributed by atoms with Gasteiger partial charge in [-0.3, -0.25) is 9.48 Å². The first-order chi connectivity index (χ1) is 10.2. The first-order valence-electron chi connectivity index (χ1n) is 7.30. The number of rotatable bonds is 4. The van der Waals surface area contributed by atoms with Gasteiger partial charge in [-0.25, -0.2) is 0 Å². The number of amides is 1. The third kappa shape index (κ3) is 3.45. The molecule has 1 aromatic carbocycles. The Morgan fingerprint density at radius 2 is 1.95 bits per heavy atom. The molecule has 1 aliphatic carbocycles. The van der Waals surface area contributed by atoms with Crippen molar-refractivity contribution in [2.75, 3.05) is 0 Å². The summed E-state index contributed by atoms with van der Waals surface area (Å²) in [5, 5.41) is 7.98. The first-order valence-corrected chi connectivity index (χ1v) is 7.68. The molecule has 1 amide bonds. The fraction of sp³-hybridized carbons (Fsp3) is 0.375. The second kappa shape index (κ2) is 6.31. The van der Waals surface area contributed by atoms with Crippen LogP contribution in [-0.4, -0.2) is 15.7 Å². The molecule has 0 unspecified atom stereocenters. The third-order valence-corrected chi connectivity index (χ3v) is 4.16. The van der Waals surface area contributed by atoms with Gasteiger partial charge in [0.25, 0.3) is 5.91 Å². The normalized spacial score (nSPS) is 15.3. The maximum atomic E-state index is 12.1. The lowest BCUT2D eigenvalue weighted by Gasteiger charge is -2.08. The molecule has 0 atom stereocenters. The predicted octanol–water partition coefficient (Wildman–Crippen LogP) is 3.58. The van der Waals surface area contributed by atoms with Crippen molar-refractivity contribution >= 4 is 17.5 Å². The highest BCUT2D eigenvalue weighted by molar-refractivity contribution is 6.30. The van der Waals surface area contributed by atoms with Gasteiger partial charge in [0.2, 0.25) is 0 Å². The van der Waals surface area contributed by atoms with Crippen LogP contribution in [0.5, 0.6) is 0 Å². The van der Waals surface area contributed by atoms with Crippen molar-refractivity contribution in [1.29, 1.82) is 0 Å². The number of halogens is 1. The van der Waals surface area contributed by atoms with Crippen LogP contribution >= 0.6 is 11.6 Å². The number of nitrogens with zero attached hydrogens (tertiary/aromatic N) is 2. The lowest BCUT2D eigenvalue weighted by atomic mass is 10.2. The Bertz CT molecular complexity index is 615. The highest BCUT2D eigenvalue weighted by atomic mass is 35.5. The maximum Gasteiger partial charge on any atom is 0.272 e. The number of aromatic nitrogens is 2. The van der Waals surface area contributed by atoms with Crippen molar-refractivity contribution in [3.05, 3.63) is 52.8 Å². The summed E-state index contributed by atoms with van der Waals surface area (Å²) in [5.41, 5.74) is 1.50. The molecule has 0 saturated heterocycles. The van der Waals surface area contributed by atoms with E-state index in [0.717, 1.165) is 18.4 Å². The van der Waals surface area contributed by atoms with E-state index in [2.05, 4.69) is 10.4 Å². The van der Waals surface area contributed by atoms with Gasteiger partial charge in [-0.05, 0) is 36.6 Å². The molecule has 1 saturated carbocycles. The summed E-state index contributed by atoms with van der Waals surface area (Å²) in [5.74, 6) is -0.137. The van der Waals surface area contributed by atoms with Crippen molar-refractivity contribution < 1.29 is 4.79 Å². The number of carbonyl (C=O) groups is 1. The second-order valence-electron chi connectivity index (χ2n) is 5.43. The molecule has 1 aliphatic rings. The van der Waals surface area contributed by atoms with Crippen LogP contribution in [0.25, 0.3) is 0 Å². The average molecular weight is 304 g/mol. The van der Waals surface area contributed by atoms with Gasteiger partial charge in [0.05, 0.1) is 6.04 Å². The lowest BCUT2D eigenvalue weighted by molar-refractivity contribution is 0.0944. The molecule has 1 fully saturated rings. The van der Waals surface area contributed by atoms with Gasteiger partial charge >= 0.3 is 0 Å². The van der Waals surface area contributed by atoms with Gasteiger partial charge in [0.15, 0.2) is 0 Å². The topological polar surface area (TPSA) is 46.9 Å². The Morgan fingerprint density at radius 3 is 2.67 bits per heavy atom. The molecule has 1 N–H and O–H groups in total. The maximum absolute atomic E-state index is 12.1. The SMILES string of the molecule is O=C(NCc1ccc(Cl)cc1)c1ccn(C2CCCC2)n1. The summed E-state index contributed by atoms with van der Waals surface area (Å²) in [6, 6.07) is 9.69. The molecule has 1 heterocycles. The zero-order valence-electron chi connectivity index (χ0n) is 11.8. The fourth-order valence-electron chi connectivity index (χ4n) is 2.71. The van der Waals surface area contributed by atoms with E-state index in [1.54, 1.807) is 6.07 Å². The molecule has 0 aliphatic heterocycles. The van der Waals surface area contributed by atoms with Crippen molar-refractivity contribution in [2.45, 2.75) is 38.3 Å². The van der Waals surface area contributed by atoms with Gasteiger partial charge in [0.1, 0.15) is 5.69 Å². The highest BCUT2D eigenvalue weighted by Gasteiger charge is 2.19. The minimum Gasteiger partial charge on any atom is -0.347 e. The van der Waals surface area contributed by atoms with E-state index < -0.39 is 0 Å². The minimum absolute atomic E-state index is 0.137. The van der Waals surface area contributed by atoms with Gasteiger partial charge < -0.3 is 5.32 Å². The Morgan fingerprint density at radius 1 is 1.24 bits per heavy atom. The number of hydrogen-bond acceptors (Lipinski definition) is 2. The van der Waals surface area contributed by atoms with Crippen LogP contribution in [0.3, 0.4) is 0 Å². The number of nitrogens with one attached hydrogen (secondary N) is 1. The standard InChI is InChI=1S/C16H18ClN3O/c17-13-7-5-12(6-8-13)11-18-16(21)15-9-10-20(19-15)14-3-1-2-4-14/h5-10,14H,1-4,11H2,(H,18,21). The van der Waals surface area contributed by atoms with Gasteiger partial charge in [-0.2, -0.15) is 5.10 Å². The fourth-order valence-corrected chi connectivity index (χ4v) is 2.83. The monoisotopic (exact) mass is 303 g/mol. The van der Waals surface area contributed by atoms with E-state index in [9.17, 15) is 4.79 Å². The van der Waals surface area contributed by atoms with E-state index in [1.165, 1.54) is 12.8 Å². The predicted molar refractivity (Wildman–Crippen MR) is 82.4 cm³/mol. The van der Waals surface area contributed by atoms with Crippen LogP contribution in [0.15, 0.2) is 36.5 Å². The van der Waals surface area contributed by atoms with E-state index >= 15 is 0 Å². The van der Waals surface area contributed by atoms with Crippen LogP contribution in [0.1, 0.15) is 47.8 Å². The zero-order valence-corrected chi connectivity index (χ0v) is 12.5. The van der Waals surface area contributed by atoms with E-state index in [0.29, 0.717) is 23.3 Å². The molecule has 0 spiro atoms. The number of carbonyl (C=O) groups excluding carboxylic acids is 1. The smallest absolute Gasteiger partial charge is 0.272 e. The summed E-state index contributed by atoms with van der Waals surface area (Å²) in [6.07, 6.45) is 6.74. The molecule has 21 heavy (non-hydrogen) atoms. The molecule has 2 aromatic rings. The molecular formula is C16H18ClN3O. The minimum atomic E-state index is -0.137. The quantitative estimate of drug-likeness (QED) is 0.938. The van der Waals surface area contributed by atoms with E-state index in [-0.39, 0.29) is 5.91 Å². The Kier molecular flexibility index (Phi) is 4.25. The third-order valence-electron chi connectivity index (χ3n) is 3.91. The molecule has 3 rings (SSSR count). The van der Waals surface area contributed by atoms with Crippen molar-refractivity contribution in [2.24, 2.45) is 0 Å². The lowest BCUT2D eigenvalue weighted by Crippen LogP contribution is -2.23. The Labute approximate surface area is 129 Å². The summed E-state index contributed by atoms with van der Waals surface area (Å²) >= 11 is 5.84. The summed E-state index contributed by atoms with van der Waals surface area (Å²) in [7, 11) is 0. The van der Waals surface area contributed by atoms with E-state index in [4.69, 9.17) is 11.6 Å². The van der Waals surface area contributed by atoms with Crippen LogP contribution in [0.2, 0.25) is 5.02 Å². The molecule has 5 heteroatoms. The van der Waals surface area contributed by atoms with Crippen molar-refractivity contribution in [3.8, 4) is 0 Å². The molecule has 0 bridgehead atoms. The van der Waals surface area contributed by atoms with Crippen LogP contribution in [0.4, 0.5) is 0 Å². The molecule has 110 valence electrons. The van der Waals surface area contributed by atoms with Gasteiger partial charge in [0, 0.05) is 17.8 Å². The zero-order chi connectivity index (χ0) is 14.7. The number of hydrogen-bond donors (Lipinski definition) is 1. The molecule has 1 aromatic heterocycles. The van der Waals surface area contributed by atoms with E-state index in [1.807, 2.05) is 35.1 Å². The summed E-state index contributed by atoms with van der Waals surface area (Å²) < 4.78 is 1.93. The molecule has 0 radical (unpaired) electrons. The summed E-state index contributed by atoms with van der Waals surface area (Å²) in [6.45, 7) is 0.478. The largest absolute Gasteiger partial charge is 0.347 e. The molecule has 4 nitrogen and oxygen atoms in total. The Balaban J connectivity index is 1.59. The van der Waals surface area contributed by atoms with Gasteiger partial charge in [-0.1, -0.05) is 36.6 Å². The van der Waals surface area contributed by atoms with Crippen molar-refractivity contribution in [3.63, 3.8) is 0 Å². The van der Waals surface area contributed by atoms with Crippen LogP contribution < -0.4 is 5.32 Å². The van der Waals surface area contributed by atoms with Crippen molar-refractivity contribution in [1.82, 2.24) is 15.1 Å². The molecular weight excluding hydrogens is 286 g/mol. The first kappa shape index (κ1) is 14.1. The summed E-state index contributed by atoms with van der Waals surface area (Å²) in [4.78, 5) is 12.1. The van der Waals surface area contributed by atoms with Gasteiger partial charge in [-0.15, -0.1) is 0 Å². The Hall–Kier alpha value is -1.81. The highest BCUT2D eigenvalue weighted by Crippen LogP contribution is 2.28. The second-order valence-corrected chi connectivity index (χ2v) is 5.86.